The molecule has 1 aliphatic heterocycles. The van der Waals surface area contributed by atoms with E-state index in [1.807, 2.05) is 6.92 Å². The molecule has 2 aromatic carbocycles. The molecule has 0 atom stereocenters. The average Bonchev–Trinajstić information content (AvgIpc) is 3.10. The monoisotopic (exact) mass is 478 g/mol. The Morgan fingerprint density at radius 1 is 1.16 bits per heavy atom. The van der Waals surface area contributed by atoms with Gasteiger partial charge in [0.15, 0.2) is 17.2 Å². The van der Waals surface area contributed by atoms with Crippen LogP contribution in [-0.2, 0) is 9.53 Å². The summed E-state index contributed by atoms with van der Waals surface area (Å²) in [4.78, 5) is 27.0. The van der Waals surface area contributed by atoms with Crippen molar-refractivity contribution < 1.29 is 23.9 Å². The fraction of sp³-hybridized carbons (Fsp3) is 0.273. The van der Waals surface area contributed by atoms with Gasteiger partial charge in [0.25, 0.3) is 5.69 Å². The van der Waals surface area contributed by atoms with Crippen molar-refractivity contribution in [1.29, 1.82) is 0 Å². The molecule has 0 unspecified atom stereocenters. The van der Waals surface area contributed by atoms with Gasteiger partial charge in [-0.1, -0.05) is 36.5 Å². The van der Waals surface area contributed by atoms with Crippen LogP contribution >= 0.6 is 23.2 Å². The number of esters is 1. The number of cyclic esters (lactones) is 1. The van der Waals surface area contributed by atoms with Crippen molar-refractivity contribution in [3.8, 4) is 11.5 Å². The highest BCUT2D eigenvalue weighted by Crippen LogP contribution is 2.38. The molecule has 0 saturated carbocycles. The lowest BCUT2D eigenvalue weighted by Crippen LogP contribution is -2.06. The van der Waals surface area contributed by atoms with Crippen molar-refractivity contribution in [3.63, 3.8) is 0 Å². The fourth-order valence-corrected chi connectivity index (χ4v) is 3.33. The molecule has 0 radical (unpaired) electrons. The lowest BCUT2D eigenvalue weighted by atomic mass is 10.1. The van der Waals surface area contributed by atoms with Gasteiger partial charge in [-0.25, -0.2) is 9.79 Å². The number of nitro groups is 1. The molecule has 1 heterocycles. The fourth-order valence-electron chi connectivity index (χ4n) is 2.87. The average molecular weight is 479 g/mol. The first kappa shape index (κ1) is 23.6. The summed E-state index contributed by atoms with van der Waals surface area (Å²) < 4.78 is 16.6. The topological polar surface area (TPSA) is 100 Å². The number of aliphatic imine (C=N–C) groups is 1. The van der Waals surface area contributed by atoms with Gasteiger partial charge >= 0.3 is 5.97 Å². The predicted molar refractivity (Wildman–Crippen MR) is 122 cm³/mol. The number of benzene rings is 2. The Labute approximate surface area is 194 Å². The van der Waals surface area contributed by atoms with E-state index in [2.05, 4.69) is 11.9 Å². The van der Waals surface area contributed by atoms with Crippen molar-refractivity contribution >= 4 is 46.8 Å². The minimum absolute atomic E-state index is 0.00997. The number of unbranched alkanes of at least 4 members (excludes halogenated alkanes) is 1. The molecule has 0 spiro atoms. The van der Waals surface area contributed by atoms with Gasteiger partial charge in [0, 0.05) is 11.6 Å². The predicted octanol–water partition coefficient (Wildman–Crippen LogP) is 5.82. The zero-order chi connectivity index (χ0) is 23.3. The second kappa shape index (κ2) is 10.5. The van der Waals surface area contributed by atoms with Gasteiger partial charge in [0.05, 0.1) is 23.2 Å². The highest BCUT2D eigenvalue weighted by atomic mass is 35.5. The first-order valence-electron chi connectivity index (χ1n) is 9.90. The molecule has 0 N–H and O–H groups in total. The molecular formula is C22H20Cl2N2O6. The number of nitrogens with zero attached hydrogens (tertiary/aromatic N) is 2. The molecule has 2 aromatic rings. The van der Waals surface area contributed by atoms with Crippen LogP contribution in [0.5, 0.6) is 11.5 Å². The summed E-state index contributed by atoms with van der Waals surface area (Å²) in [5, 5.41) is 11.4. The van der Waals surface area contributed by atoms with Crippen molar-refractivity contribution in [2.24, 2.45) is 4.99 Å². The molecule has 0 bridgehead atoms. The smallest absolute Gasteiger partial charge is 0.363 e. The van der Waals surface area contributed by atoms with Gasteiger partial charge in [-0.3, -0.25) is 10.1 Å². The zero-order valence-corrected chi connectivity index (χ0v) is 18.9. The highest BCUT2D eigenvalue weighted by molar-refractivity contribution is 6.33. The Hall–Kier alpha value is -3.10. The van der Waals surface area contributed by atoms with E-state index in [1.54, 1.807) is 12.1 Å². The Morgan fingerprint density at radius 2 is 1.94 bits per heavy atom. The normalized spacial score (nSPS) is 14.3. The molecule has 32 heavy (non-hydrogen) atoms. The number of hydrogen-bond acceptors (Lipinski definition) is 7. The molecule has 168 valence electrons. The van der Waals surface area contributed by atoms with Crippen LogP contribution in [0.25, 0.3) is 6.08 Å². The van der Waals surface area contributed by atoms with Crippen molar-refractivity contribution in [2.75, 3.05) is 13.2 Å². The molecule has 0 amide bonds. The van der Waals surface area contributed by atoms with Crippen LogP contribution in [-0.4, -0.2) is 30.0 Å². The van der Waals surface area contributed by atoms with E-state index in [9.17, 15) is 14.9 Å². The summed E-state index contributed by atoms with van der Waals surface area (Å²) in [7, 11) is 0. The van der Waals surface area contributed by atoms with E-state index >= 15 is 0 Å². The number of ether oxygens (including phenoxy) is 3. The third kappa shape index (κ3) is 5.38. The molecular weight excluding hydrogens is 459 g/mol. The van der Waals surface area contributed by atoms with Crippen molar-refractivity contribution in [2.45, 2.75) is 26.7 Å². The summed E-state index contributed by atoms with van der Waals surface area (Å²) in [6.45, 7) is 4.80. The molecule has 0 aromatic heterocycles. The standard InChI is InChI=1S/C22H20Cl2N2O6/c1-3-5-8-31-20-16(24)9-13(11-19(20)30-4-2)10-17-22(27)32-21(25-17)14-6-7-15(23)18(12-14)26(28)29/h6-7,9-12H,3-5,8H2,1-2H3/b17-10-. The summed E-state index contributed by atoms with van der Waals surface area (Å²) in [6.07, 6.45) is 3.34. The Bertz CT molecular complexity index is 1110. The molecule has 0 aliphatic carbocycles. The van der Waals surface area contributed by atoms with Crippen LogP contribution in [0.15, 0.2) is 41.0 Å². The number of nitro benzene ring substituents is 1. The third-order valence-corrected chi connectivity index (χ3v) is 4.99. The molecule has 3 rings (SSSR count). The maximum absolute atomic E-state index is 12.3. The number of rotatable bonds is 9. The first-order chi connectivity index (χ1) is 15.3. The second-order valence-corrected chi connectivity index (χ2v) is 7.54. The molecule has 0 saturated heterocycles. The Kier molecular flexibility index (Phi) is 7.71. The second-order valence-electron chi connectivity index (χ2n) is 6.72. The van der Waals surface area contributed by atoms with Crippen LogP contribution in [0.2, 0.25) is 10.0 Å². The van der Waals surface area contributed by atoms with E-state index in [0.29, 0.717) is 35.3 Å². The van der Waals surface area contributed by atoms with Crippen LogP contribution in [0.3, 0.4) is 0 Å². The van der Waals surface area contributed by atoms with E-state index in [1.165, 1.54) is 24.3 Å². The van der Waals surface area contributed by atoms with Gasteiger partial charge < -0.3 is 14.2 Å². The third-order valence-electron chi connectivity index (χ3n) is 4.39. The zero-order valence-electron chi connectivity index (χ0n) is 17.4. The summed E-state index contributed by atoms with van der Waals surface area (Å²) in [5.41, 5.74) is 0.508. The first-order valence-corrected chi connectivity index (χ1v) is 10.7. The van der Waals surface area contributed by atoms with Gasteiger partial charge in [-0.15, -0.1) is 0 Å². The van der Waals surface area contributed by atoms with E-state index < -0.39 is 10.9 Å². The quantitative estimate of drug-likeness (QED) is 0.148. The van der Waals surface area contributed by atoms with E-state index in [0.717, 1.165) is 12.8 Å². The van der Waals surface area contributed by atoms with E-state index in [-0.39, 0.29) is 27.9 Å². The lowest BCUT2D eigenvalue weighted by Gasteiger charge is -2.14. The van der Waals surface area contributed by atoms with Crippen LogP contribution < -0.4 is 9.47 Å². The van der Waals surface area contributed by atoms with Gasteiger partial charge in [-0.05, 0) is 49.2 Å². The Morgan fingerprint density at radius 3 is 2.62 bits per heavy atom. The summed E-state index contributed by atoms with van der Waals surface area (Å²) in [6, 6.07) is 7.35. The largest absolute Gasteiger partial charge is 0.490 e. The maximum Gasteiger partial charge on any atom is 0.363 e. The van der Waals surface area contributed by atoms with Crippen LogP contribution in [0.4, 0.5) is 5.69 Å². The highest BCUT2D eigenvalue weighted by Gasteiger charge is 2.26. The van der Waals surface area contributed by atoms with Crippen LogP contribution in [0.1, 0.15) is 37.8 Å². The van der Waals surface area contributed by atoms with Gasteiger partial charge in [0.1, 0.15) is 5.02 Å². The Balaban J connectivity index is 1.94. The summed E-state index contributed by atoms with van der Waals surface area (Å²) in [5.74, 6) is 0.134. The maximum atomic E-state index is 12.3. The lowest BCUT2D eigenvalue weighted by molar-refractivity contribution is -0.384. The minimum Gasteiger partial charge on any atom is -0.490 e. The number of hydrogen-bond donors (Lipinski definition) is 0. The number of carbonyl (C=O) groups is 1. The molecule has 8 nitrogen and oxygen atoms in total. The molecule has 1 aliphatic rings. The molecule has 10 heteroatoms. The van der Waals surface area contributed by atoms with Gasteiger partial charge in [0.2, 0.25) is 5.90 Å². The SMILES string of the molecule is CCCCOc1c(Cl)cc(/C=C2\N=C(c3ccc(Cl)c([N+](=O)[O-])c3)OC2=O)cc1OCC. The van der Waals surface area contributed by atoms with Crippen LogP contribution in [0, 0.1) is 10.1 Å². The van der Waals surface area contributed by atoms with Crippen molar-refractivity contribution in [1.82, 2.24) is 0 Å². The minimum atomic E-state index is -0.699. The molecule has 0 fully saturated rings. The van der Waals surface area contributed by atoms with Crippen molar-refractivity contribution in [3.05, 3.63) is 67.3 Å². The summed E-state index contributed by atoms with van der Waals surface area (Å²) >= 11 is 12.2. The van der Waals surface area contributed by atoms with E-state index in [4.69, 9.17) is 37.4 Å². The number of carbonyl (C=O) groups excluding carboxylic acids is 1. The van der Waals surface area contributed by atoms with Gasteiger partial charge in [-0.2, -0.15) is 0 Å². The number of halogens is 2.